The Hall–Kier alpha value is -2.19. The van der Waals surface area contributed by atoms with E-state index in [0.717, 1.165) is 19.3 Å². The molecule has 4 rings (SSSR count). The van der Waals surface area contributed by atoms with Gasteiger partial charge in [-0.25, -0.2) is 4.79 Å². The van der Waals surface area contributed by atoms with Crippen molar-refractivity contribution in [2.45, 2.75) is 104 Å². The zero-order valence-corrected chi connectivity index (χ0v) is 19.4. The summed E-state index contributed by atoms with van der Waals surface area (Å²) in [6.45, 7) is 9.24. The lowest BCUT2D eigenvalue weighted by Gasteiger charge is -2.35. The second kappa shape index (κ2) is 8.30. The van der Waals surface area contributed by atoms with Gasteiger partial charge < -0.3 is 18.9 Å². The van der Waals surface area contributed by atoms with Crippen LogP contribution in [0.2, 0.25) is 0 Å². The summed E-state index contributed by atoms with van der Waals surface area (Å²) in [5.74, 6) is -1.49. The normalized spacial score (nSPS) is 35.5. The first-order chi connectivity index (χ1) is 15.0. The Morgan fingerprint density at radius 2 is 1.91 bits per heavy atom. The molecule has 4 aliphatic rings. The van der Waals surface area contributed by atoms with Gasteiger partial charge in [0, 0.05) is 25.8 Å². The van der Waals surface area contributed by atoms with Crippen LogP contribution < -0.4 is 0 Å². The zero-order chi connectivity index (χ0) is 23.3. The van der Waals surface area contributed by atoms with E-state index in [1.165, 1.54) is 37.5 Å². The fourth-order valence-corrected chi connectivity index (χ4v) is 5.38. The molecule has 0 aromatic carbocycles. The van der Waals surface area contributed by atoms with Crippen LogP contribution >= 0.6 is 0 Å². The van der Waals surface area contributed by atoms with Crippen molar-refractivity contribution < 1.29 is 38.1 Å². The van der Waals surface area contributed by atoms with Crippen molar-refractivity contribution in [2.24, 2.45) is 5.41 Å². The van der Waals surface area contributed by atoms with Crippen molar-refractivity contribution >= 4 is 17.9 Å². The van der Waals surface area contributed by atoms with Crippen LogP contribution in [-0.2, 0) is 38.1 Å². The number of hydrogen-bond donors (Lipinski definition) is 0. The Labute approximate surface area is 188 Å². The largest absolute Gasteiger partial charge is 0.455 e. The highest BCUT2D eigenvalue weighted by Gasteiger charge is 2.67. The molecule has 8 heteroatoms. The summed E-state index contributed by atoms with van der Waals surface area (Å²) in [6.07, 6.45) is 3.84. The fourth-order valence-electron chi connectivity index (χ4n) is 5.38. The smallest absolute Gasteiger partial charge is 0.341 e. The molecular formula is C24H32O8. The lowest BCUT2D eigenvalue weighted by molar-refractivity contribution is -0.204. The topological polar surface area (TPSA) is 101 Å². The van der Waals surface area contributed by atoms with E-state index in [0.29, 0.717) is 18.4 Å². The van der Waals surface area contributed by atoms with E-state index in [9.17, 15) is 14.4 Å². The van der Waals surface area contributed by atoms with Gasteiger partial charge in [0.15, 0.2) is 5.60 Å². The highest BCUT2D eigenvalue weighted by atomic mass is 16.8. The zero-order valence-electron chi connectivity index (χ0n) is 19.4. The average molecular weight is 449 g/mol. The quantitative estimate of drug-likeness (QED) is 0.263. The number of rotatable bonds is 6. The number of carbonyl (C=O) groups excluding carboxylic acids is 3. The van der Waals surface area contributed by atoms with Crippen molar-refractivity contribution in [3.63, 3.8) is 0 Å². The number of ether oxygens (including phenoxy) is 5. The van der Waals surface area contributed by atoms with E-state index in [1.54, 1.807) is 0 Å². The first-order valence-electron chi connectivity index (χ1n) is 11.3. The molecule has 176 valence electrons. The summed E-state index contributed by atoms with van der Waals surface area (Å²) in [4.78, 5) is 35.8. The summed E-state index contributed by atoms with van der Waals surface area (Å²) in [7, 11) is 0. The van der Waals surface area contributed by atoms with Crippen LogP contribution in [0.15, 0.2) is 22.8 Å². The van der Waals surface area contributed by atoms with Crippen LogP contribution in [0.5, 0.6) is 0 Å². The molecule has 5 atom stereocenters. The fraction of sp³-hybridized carbons (Fsp3) is 0.708. The first kappa shape index (κ1) is 23.0. The van der Waals surface area contributed by atoms with Crippen LogP contribution in [0, 0.1) is 5.41 Å². The summed E-state index contributed by atoms with van der Waals surface area (Å²) in [6, 6.07) is 0. The van der Waals surface area contributed by atoms with Crippen LogP contribution in [0.1, 0.15) is 73.1 Å². The molecule has 8 nitrogen and oxygen atoms in total. The minimum Gasteiger partial charge on any atom is -0.455 e. The molecule has 0 spiro atoms. The third-order valence-electron chi connectivity index (χ3n) is 7.06. The molecule has 2 fully saturated rings. The highest BCUT2D eigenvalue weighted by molar-refractivity contribution is 5.85. The highest BCUT2D eigenvalue weighted by Crippen LogP contribution is 2.52. The van der Waals surface area contributed by atoms with Gasteiger partial charge in [0.2, 0.25) is 12.6 Å². The molecule has 2 saturated heterocycles. The van der Waals surface area contributed by atoms with Gasteiger partial charge in [-0.15, -0.1) is 0 Å². The summed E-state index contributed by atoms with van der Waals surface area (Å²) >= 11 is 0. The molecule has 0 saturated carbocycles. The van der Waals surface area contributed by atoms with Crippen molar-refractivity contribution in [2.75, 3.05) is 0 Å². The van der Waals surface area contributed by atoms with Crippen LogP contribution in [0.3, 0.4) is 0 Å². The number of fused-ring (bicyclic) bond motifs is 1. The standard InChI is InChI=1S/C24H32O8/c1-13-7-6-9-23(4,5)17(13)8-10-24-19(32-24)12-18(30-22(24)27)16-11-20(28-14(2)25)31-21(16)29-15(3)26/h11,18-21H,6-10,12H2,1-5H3/t18-,19-,20?,21?,24+/m1/s1. The van der Waals surface area contributed by atoms with Crippen molar-refractivity contribution in [1.82, 2.24) is 0 Å². The van der Waals surface area contributed by atoms with Crippen LogP contribution in [-0.4, -0.2) is 48.3 Å². The Kier molecular flexibility index (Phi) is 5.96. The summed E-state index contributed by atoms with van der Waals surface area (Å²) < 4.78 is 27.4. The maximum atomic E-state index is 13.0. The molecule has 32 heavy (non-hydrogen) atoms. The minimum atomic E-state index is -1.07. The van der Waals surface area contributed by atoms with Gasteiger partial charge in [0.25, 0.3) is 0 Å². The third-order valence-corrected chi connectivity index (χ3v) is 7.06. The average Bonchev–Trinajstić information content (AvgIpc) is 3.26. The molecule has 1 aliphatic carbocycles. The van der Waals surface area contributed by atoms with Crippen molar-refractivity contribution in [3.8, 4) is 0 Å². The monoisotopic (exact) mass is 448 g/mol. The van der Waals surface area contributed by atoms with Crippen LogP contribution in [0.25, 0.3) is 0 Å². The molecule has 3 aliphatic heterocycles. The number of esters is 3. The van der Waals surface area contributed by atoms with E-state index in [-0.39, 0.29) is 11.5 Å². The third kappa shape index (κ3) is 4.35. The molecule has 0 aromatic rings. The molecule has 0 bridgehead atoms. The van der Waals surface area contributed by atoms with Gasteiger partial charge in [0.05, 0.1) is 0 Å². The number of carbonyl (C=O) groups is 3. The van der Waals surface area contributed by atoms with Crippen molar-refractivity contribution in [3.05, 3.63) is 22.8 Å². The van der Waals surface area contributed by atoms with E-state index in [1.807, 2.05) is 0 Å². The second-order valence-corrected chi connectivity index (χ2v) is 9.84. The first-order valence-corrected chi connectivity index (χ1v) is 11.3. The number of epoxide rings is 1. The van der Waals surface area contributed by atoms with Gasteiger partial charge in [-0.3, -0.25) is 14.3 Å². The predicted molar refractivity (Wildman–Crippen MR) is 112 cm³/mol. The predicted octanol–water partition coefficient (Wildman–Crippen LogP) is 3.48. The van der Waals surface area contributed by atoms with E-state index in [2.05, 4.69) is 20.8 Å². The SMILES string of the molecule is CC(=O)OC1C=C([C@H]2C[C@H]3O[C@]3(CCC3=C(C)CCCC3(C)C)C(=O)O2)C(OC(C)=O)O1. The summed E-state index contributed by atoms with van der Waals surface area (Å²) in [5.41, 5.74) is 2.54. The lowest BCUT2D eigenvalue weighted by Crippen LogP contribution is -2.42. The second-order valence-electron chi connectivity index (χ2n) is 9.84. The Bertz CT molecular complexity index is 884. The molecule has 3 heterocycles. The Balaban J connectivity index is 1.44. The van der Waals surface area contributed by atoms with Crippen LogP contribution in [0.4, 0.5) is 0 Å². The number of hydrogen-bond acceptors (Lipinski definition) is 8. The van der Waals surface area contributed by atoms with E-state index < -0.39 is 42.2 Å². The van der Waals surface area contributed by atoms with Gasteiger partial charge in [-0.05, 0) is 50.5 Å². The molecule has 0 N–H and O–H groups in total. The molecule has 0 amide bonds. The maximum Gasteiger partial charge on any atom is 0.341 e. The van der Waals surface area contributed by atoms with Gasteiger partial charge >= 0.3 is 17.9 Å². The number of allylic oxidation sites excluding steroid dienone is 2. The maximum absolute atomic E-state index is 13.0. The molecule has 0 radical (unpaired) electrons. The molecular weight excluding hydrogens is 416 g/mol. The van der Waals surface area contributed by atoms with Gasteiger partial charge in [-0.2, -0.15) is 0 Å². The minimum absolute atomic E-state index is 0.138. The van der Waals surface area contributed by atoms with Gasteiger partial charge in [-0.1, -0.05) is 25.0 Å². The summed E-state index contributed by atoms with van der Waals surface area (Å²) in [5, 5.41) is 0. The number of cyclic esters (lactones) is 1. The Morgan fingerprint density at radius 1 is 1.19 bits per heavy atom. The van der Waals surface area contributed by atoms with E-state index in [4.69, 9.17) is 23.7 Å². The lowest BCUT2D eigenvalue weighted by atomic mass is 9.70. The van der Waals surface area contributed by atoms with Gasteiger partial charge in [0.1, 0.15) is 12.2 Å². The van der Waals surface area contributed by atoms with E-state index >= 15 is 0 Å². The molecule has 2 unspecified atom stereocenters. The Morgan fingerprint density at radius 3 is 2.53 bits per heavy atom. The van der Waals surface area contributed by atoms with Crippen molar-refractivity contribution in [1.29, 1.82) is 0 Å². The molecule has 0 aromatic heterocycles.